The summed E-state index contributed by atoms with van der Waals surface area (Å²) in [6.07, 6.45) is 3.25. The molecule has 0 unspecified atom stereocenters. The second-order valence-electron chi connectivity index (χ2n) is 7.60. The minimum absolute atomic E-state index is 0.196. The van der Waals surface area contributed by atoms with Gasteiger partial charge in [-0.15, -0.1) is 0 Å². The lowest BCUT2D eigenvalue weighted by Crippen LogP contribution is -2.45. The van der Waals surface area contributed by atoms with Crippen LogP contribution in [0.4, 0.5) is 0 Å². The molecular weight excluding hydrogens is 424 g/mol. The molecule has 7 heteroatoms. The summed E-state index contributed by atoms with van der Waals surface area (Å²) in [5.41, 5.74) is 2.90. The molecule has 0 aromatic heterocycles. The Morgan fingerprint density at radius 3 is 2.59 bits per heavy atom. The summed E-state index contributed by atoms with van der Waals surface area (Å²) in [7, 11) is 1.61. The van der Waals surface area contributed by atoms with E-state index in [1.165, 1.54) is 0 Å². The fourth-order valence-electron chi connectivity index (χ4n) is 3.53. The molecule has 0 spiro atoms. The van der Waals surface area contributed by atoms with Gasteiger partial charge in [0.15, 0.2) is 16.6 Å². The molecule has 0 bridgehead atoms. The maximum atomic E-state index is 13.0. The number of hydrogen-bond donors (Lipinski definition) is 2. The monoisotopic (exact) mass is 454 g/mol. The Hall–Kier alpha value is -3.06. The van der Waals surface area contributed by atoms with E-state index in [9.17, 15) is 4.79 Å². The number of unbranched alkanes of at least 4 members (excludes halogenated alkanes) is 2. The van der Waals surface area contributed by atoms with E-state index in [0.717, 1.165) is 30.4 Å². The lowest BCUT2D eigenvalue weighted by molar-refractivity contribution is -0.140. The Balaban J connectivity index is 1.81. The summed E-state index contributed by atoms with van der Waals surface area (Å²) in [5, 5.41) is 6.67. The first kappa shape index (κ1) is 23.6. The topological polar surface area (TPSA) is 68.8 Å². The molecule has 0 radical (unpaired) electrons. The van der Waals surface area contributed by atoms with Gasteiger partial charge >= 0.3 is 5.97 Å². The van der Waals surface area contributed by atoms with Crippen molar-refractivity contribution in [2.24, 2.45) is 0 Å². The molecule has 3 rings (SSSR count). The smallest absolute Gasteiger partial charge is 0.338 e. The van der Waals surface area contributed by atoms with E-state index in [1.54, 1.807) is 7.11 Å². The SMILES string of the molecule is CCCCCOc1ccc([C@H]2NC(=S)NC(C)=C2C(=O)OCc2ccccc2)cc1OC. The Morgan fingerprint density at radius 1 is 1.09 bits per heavy atom. The van der Waals surface area contributed by atoms with Crippen LogP contribution in [0, 0.1) is 0 Å². The lowest BCUT2D eigenvalue weighted by Gasteiger charge is -2.30. The van der Waals surface area contributed by atoms with Crippen molar-refractivity contribution in [3.8, 4) is 11.5 Å². The molecule has 6 nitrogen and oxygen atoms in total. The van der Waals surface area contributed by atoms with Crippen molar-refractivity contribution in [1.82, 2.24) is 10.6 Å². The predicted octanol–water partition coefficient (Wildman–Crippen LogP) is 4.80. The molecule has 0 amide bonds. The first-order valence-electron chi connectivity index (χ1n) is 10.8. The van der Waals surface area contributed by atoms with Crippen LogP contribution in [0.2, 0.25) is 0 Å². The van der Waals surface area contributed by atoms with Crippen molar-refractivity contribution in [2.45, 2.75) is 45.8 Å². The second kappa shape index (κ2) is 11.5. The summed E-state index contributed by atoms with van der Waals surface area (Å²) >= 11 is 5.35. The van der Waals surface area contributed by atoms with E-state index in [4.69, 9.17) is 26.4 Å². The lowest BCUT2D eigenvalue weighted by atomic mass is 9.95. The molecule has 1 atom stereocenters. The minimum atomic E-state index is -0.463. The van der Waals surface area contributed by atoms with Crippen molar-refractivity contribution in [1.29, 1.82) is 0 Å². The van der Waals surface area contributed by atoms with Crippen LogP contribution in [0.1, 0.15) is 50.3 Å². The third kappa shape index (κ3) is 6.01. The first-order valence-corrected chi connectivity index (χ1v) is 11.2. The van der Waals surface area contributed by atoms with Crippen LogP contribution in [-0.4, -0.2) is 24.8 Å². The predicted molar refractivity (Wildman–Crippen MR) is 129 cm³/mol. The zero-order valence-corrected chi connectivity index (χ0v) is 19.6. The van der Waals surface area contributed by atoms with Gasteiger partial charge in [-0.1, -0.05) is 56.2 Å². The van der Waals surface area contributed by atoms with Gasteiger partial charge in [0.2, 0.25) is 0 Å². The summed E-state index contributed by atoms with van der Waals surface area (Å²) in [6.45, 7) is 4.81. The van der Waals surface area contributed by atoms with E-state index in [1.807, 2.05) is 55.5 Å². The van der Waals surface area contributed by atoms with Gasteiger partial charge in [0.25, 0.3) is 0 Å². The molecular formula is C25H30N2O4S. The fraction of sp³-hybridized carbons (Fsp3) is 0.360. The summed E-state index contributed by atoms with van der Waals surface area (Å²) in [6, 6.07) is 14.8. The zero-order chi connectivity index (χ0) is 22.9. The van der Waals surface area contributed by atoms with E-state index < -0.39 is 12.0 Å². The second-order valence-corrected chi connectivity index (χ2v) is 8.01. The molecule has 0 aliphatic carbocycles. The standard InChI is InChI=1S/C25H30N2O4S/c1-4-5-9-14-30-20-13-12-19(15-21(20)29-3)23-22(17(2)26-25(32)27-23)24(28)31-16-18-10-7-6-8-11-18/h6-8,10-13,15,23H,4-5,9,14,16H2,1-3H3,(H2,26,27,32)/t23-/m1/s1. The quantitative estimate of drug-likeness (QED) is 0.304. The van der Waals surface area contributed by atoms with Gasteiger partial charge in [-0.05, 0) is 48.8 Å². The van der Waals surface area contributed by atoms with Crippen molar-refractivity contribution >= 4 is 23.3 Å². The van der Waals surface area contributed by atoms with Crippen molar-refractivity contribution < 1.29 is 19.0 Å². The van der Waals surface area contributed by atoms with Gasteiger partial charge in [0.1, 0.15) is 6.61 Å². The Kier molecular flexibility index (Phi) is 8.50. The number of thiocarbonyl (C=S) groups is 1. The van der Waals surface area contributed by atoms with Crippen molar-refractivity contribution in [3.63, 3.8) is 0 Å². The number of allylic oxidation sites excluding steroid dienone is 1. The number of carbonyl (C=O) groups is 1. The van der Waals surface area contributed by atoms with Crippen molar-refractivity contribution in [2.75, 3.05) is 13.7 Å². The van der Waals surface area contributed by atoms with Crippen LogP contribution in [0.25, 0.3) is 0 Å². The maximum absolute atomic E-state index is 13.0. The molecule has 1 aliphatic rings. The minimum Gasteiger partial charge on any atom is -0.493 e. The van der Waals surface area contributed by atoms with Gasteiger partial charge in [-0.25, -0.2) is 4.79 Å². The van der Waals surface area contributed by atoms with Gasteiger partial charge in [-0.2, -0.15) is 0 Å². The molecule has 2 aromatic carbocycles. The Morgan fingerprint density at radius 2 is 1.88 bits per heavy atom. The Labute approximate surface area is 194 Å². The average Bonchev–Trinajstić information content (AvgIpc) is 2.80. The zero-order valence-electron chi connectivity index (χ0n) is 18.8. The van der Waals surface area contributed by atoms with Crippen LogP contribution in [0.3, 0.4) is 0 Å². The van der Waals surface area contributed by atoms with E-state index >= 15 is 0 Å². The third-order valence-corrected chi connectivity index (χ3v) is 5.45. The van der Waals surface area contributed by atoms with Crippen LogP contribution >= 0.6 is 12.2 Å². The number of benzene rings is 2. The largest absolute Gasteiger partial charge is 0.493 e. The van der Waals surface area contributed by atoms with Gasteiger partial charge in [-0.3, -0.25) is 0 Å². The Bertz CT molecular complexity index is 975. The summed E-state index contributed by atoms with van der Waals surface area (Å²) in [4.78, 5) is 13.0. The molecule has 2 aromatic rings. The highest BCUT2D eigenvalue weighted by atomic mass is 32.1. The average molecular weight is 455 g/mol. The number of nitrogens with one attached hydrogen (secondary N) is 2. The summed E-state index contributed by atoms with van der Waals surface area (Å²) < 4.78 is 17.0. The van der Waals surface area contributed by atoms with E-state index in [-0.39, 0.29) is 6.61 Å². The molecule has 0 fully saturated rings. The number of rotatable bonds is 10. The normalized spacial score (nSPS) is 15.6. The van der Waals surface area contributed by atoms with Crippen LogP contribution in [-0.2, 0) is 16.1 Å². The molecule has 170 valence electrons. The number of ether oxygens (including phenoxy) is 3. The molecule has 1 heterocycles. The number of methoxy groups -OCH3 is 1. The molecule has 32 heavy (non-hydrogen) atoms. The molecule has 0 saturated carbocycles. The molecule has 1 aliphatic heterocycles. The van der Waals surface area contributed by atoms with Gasteiger partial charge < -0.3 is 24.8 Å². The van der Waals surface area contributed by atoms with Crippen LogP contribution < -0.4 is 20.1 Å². The highest BCUT2D eigenvalue weighted by Gasteiger charge is 2.31. The number of carbonyl (C=O) groups excluding carboxylic acids is 1. The first-order chi connectivity index (χ1) is 15.5. The third-order valence-electron chi connectivity index (χ3n) is 5.23. The van der Waals surface area contributed by atoms with Crippen LogP contribution in [0.5, 0.6) is 11.5 Å². The number of hydrogen-bond acceptors (Lipinski definition) is 5. The van der Waals surface area contributed by atoms with Gasteiger partial charge in [0, 0.05) is 5.70 Å². The highest BCUT2D eigenvalue weighted by molar-refractivity contribution is 7.80. The van der Waals surface area contributed by atoms with Crippen LogP contribution in [0.15, 0.2) is 59.8 Å². The van der Waals surface area contributed by atoms with Gasteiger partial charge in [0.05, 0.1) is 25.3 Å². The molecule has 2 N–H and O–H groups in total. The maximum Gasteiger partial charge on any atom is 0.338 e. The highest BCUT2D eigenvalue weighted by Crippen LogP contribution is 2.34. The van der Waals surface area contributed by atoms with E-state index in [0.29, 0.717) is 34.5 Å². The van der Waals surface area contributed by atoms with Crippen molar-refractivity contribution in [3.05, 3.63) is 70.9 Å². The number of esters is 1. The fourth-order valence-corrected chi connectivity index (χ4v) is 3.80. The molecule has 0 saturated heterocycles. The summed E-state index contributed by atoms with van der Waals surface area (Å²) in [5.74, 6) is 0.885. The van der Waals surface area contributed by atoms with E-state index in [2.05, 4.69) is 17.6 Å².